The predicted octanol–water partition coefficient (Wildman–Crippen LogP) is 2.22. The van der Waals surface area contributed by atoms with E-state index in [1.165, 1.54) is 0 Å². The number of Topliss-reactive ketones (excluding diaryl/α,β-unsaturated/α-hetero) is 1. The summed E-state index contributed by atoms with van der Waals surface area (Å²) in [5, 5.41) is 0. The van der Waals surface area contributed by atoms with Crippen molar-refractivity contribution in [2.45, 2.75) is 47.1 Å². The van der Waals surface area contributed by atoms with E-state index in [9.17, 15) is 4.79 Å². The number of rotatable bonds is 2. The minimum atomic E-state index is -0.659. The van der Waals surface area contributed by atoms with Crippen LogP contribution in [0.3, 0.4) is 0 Å². The molecular weight excluding hydrogens is 138 g/mol. The van der Waals surface area contributed by atoms with Crippen LogP contribution < -0.4 is 5.73 Å². The second-order valence-corrected chi connectivity index (χ2v) is 3.24. The third-order valence-electron chi connectivity index (χ3n) is 1.16. The Hall–Kier alpha value is -0.370. The molecule has 0 radical (unpaired) electrons. The van der Waals surface area contributed by atoms with E-state index in [-0.39, 0.29) is 13.1 Å². The average Bonchev–Trinajstić information content (AvgIpc) is 1.89. The van der Waals surface area contributed by atoms with E-state index in [4.69, 9.17) is 5.73 Å². The molecule has 0 fully saturated rings. The number of hydrogen-bond acceptors (Lipinski definition) is 2. The normalized spacial score (nSPS) is 10.5. The van der Waals surface area contributed by atoms with Gasteiger partial charge in [-0.25, -0.2) is 0 Å². The lowest BCUT2D eigenvalue weighted by Crippen LogP contribution is -2.43. The van der Waals surface area contributed by atoms with Gasteiger partial charge in [0.15, 0.2) is 5.78 Å². The van der Waals surface area contributed by atoms with Crippen LogP contribution >= 0.6 is 0 Å². The Balaban J connectivity index is -0.000000249. The van der Waals surface area contributed by atoms with Crippen LogP contribution in [0.25, 0.3) is 0 Å². The van der Waals surface area contributed by atoms with Crippen molar-refractivity contribution in [3.63, 3.8) is 0 Å². The van der Waals surface area contributed by atoms with Crippen molar-refractivity contribution in [3.8, 4) is 0 Å². The Morgan fingerprint density at radius 3 is 1.64 bits per heavy atom. The summed E-state index contributed by atoms with van der Waals surface area (Å²) in [6, 6.07) is 0. The van der Waals surface area contributed by atoms with Gasteiger partial charge in [-0.2, -0.15) is 0 Å². The van der Waals surface area contributed by atoms with E-state index < -0.39 is 5.54 Å². The molecule has 11 heavy (non-hydrogen) atoms. The van der Waals surface area contributed by atoms with Crippen LogP contribution in [0, 0.1) is 5.92 Å². The van der Waals surface area contributed by atoms with E-state index in [2.05, 4.69) is 0 Å². The minimum Gasteiger partial charge on any atom is -0.319 e. The molecule has 0 rings (SSSR count). The van der Waals surface area contributed by atoms with Crippen molar-refractivity contribution >= 4 is 5.78 Å². The molecule has 0 aromatic carbocycles. The first-order valence-corrected chi connectivity index (χ1v) is 4.19. The highest BCUT2D eigenvalue weighted by Gasteiger charge is 2.23. The van der Waals surface area contributed by atoms with Crippen molar-refractivity contribution in [1.29, 1.82) is 0 Å². The summed E-state index contributed by atoms with van der Waals surface area (Å²) >= 11 is 0. The molecule has 0 saturated carbocycles. The van der Waals surface area contributed by atoms with Crippen LogP contribution in [0.5, 0.6) is 0 Å². The van der Waals surface area contributed by atoms with Crippen molar-refractivity contribution in [1.82, 2.24) is 0 Å². The first kappa shape index (κ1) is 13.2. The molecule has 0 aliphatic heterocycles. The zero-order chi connectivity index (χ0) is 9.65. The Bertz CT molecular complexity index is 116. The molecule has 0 aromatic rings. The molecule has 0 saturated heterocycles. The Labute approximate surface area is 71.7 Å². The molecule has 0 unspecified atom stereocenters. The lowest BCUT2D eigenvalue weighted by Gasteiger charge is -2.18. The molecule has 2 nitrogen and oxygen atoms in total. The number of ketones is 1. The van der Waals surface area contributed by atoms with E-state index in [1.807, 2.05) is 27.7 Å². The Morgan fingerprint density at radius 1 is 1.36 bits per heavy atom. The molecule has 0 spiro atoms. The van der Waals surface area contributed by atoms with Crippen LogP contribution in [0.2, 0.25) is 0 Å². The van der Waals surface area contributed by atoms with Crippen molar-refractivity contribution in [3.05, 3.63) is 0 Å². The topological polar surface area (TPSA) is 43.1 Å². The van der Waals surface area contributed by atoms with Crippen molar-refractivity contribution in [2.24, 2.45) is 11.7 Å². The highest BCUT2D eigenvalue weighted by molar-refractivity contribution is 5.88. The summed E-state index contributed by atoms with van der Waals surface area (Å²) in [5.41, 5.74) is 4.87. The fourth-order valence-electron chi connectivity index (χ4n) is 0.744. The first-order valence-electron chi connectivity index (χ1n) is 4.19. The van der Waals surface area contributed by atoms with Crippen molar-refractivity contribution in [2.75, 3.05) is 0 Å². The quantitative estimate of drug-likeness (QED) is 0.675. The van der Waals surface area contributed by atoms with Crippen molar-refractivity contribution < 1.29 is 6.22 Å². The van der Waals surface area contributed by atoms with Gasteiger partial charge in [0.25, 0.3) is 0 Å². The molecule has 0 aliphatic rings. The minimum absolute atomic E-state index is 0. The van der Waals surface area contributed by atoms with E-state index in [0.29, 0.717) is 0 Å². The highest BCUT2D eigenvalue weighted by Crippen LogP contribution is 2.06. The molecule has 2 heteroatoms. The van der Waals surface area contributed by atoms with Gasteiger partial charge >= 0.3 is 0 Å². The number of hydrogen-bond donors (Lipinski definition) is 1. The third kappa shape index (κ3) is 6.05. The zero-order valence-electron chi connectivity index (χ0n) is 8.56. The van der Waals surface area contributed by atoms with Gasteiger partial charge in [0.05, 0.1) is 5.54 Å². The van der Waals surface area contributed by atoms with Gasteiger partial charge in [-0.15, -0.1) is 0 Å². The van der Waals surface area contributed by atoms with E-state index >= 15 is 0 Å². The van der Waals surface area contributed by atoms with Crippen LogP contribution in [0.4, 0.5) is 0 Å². The zero-order valence-corrected chi connectivity index (χ0v) is 8.56. The van der Waals surface area contributed by atoms with Gasteiger partial charge in [0.2, 0.25) is 0 Å². The fourth-order valence-corrected chi connectivity index (χ4v) is 0.744. The summed E-state index contributed by atoms with van der Waals surface area (Å²) in [7, 11) is 0. The highest BCUT2D eigenvalue weighted by atomic mass is 16.1. The van der Waals surface area contributed by atoms with Gasteiger partial charge in [-0.1, -0.05) is 27.7 Å². The van der Waals surface area contributed by atoms with Crippen LogP contribution in [-0.4, -0.2) is 11.3 Å². The number of nitrogens with two attached hydrogens (primary N) is 1. The maximum atomic E-state index is 11.0. The smallest absolute Gasteiger partial charge is 0.154 e. The van der Waals surface area contributed by atoms with Gasteiger partial charge in [0, 0.05) is 7.34 Å². The number of carbonyl (C=O) groups excluding carboxylic acids is 1. The second-order valence-electron chi connectivity index (χ2n) is 3.24. The summed E-state index contributed by atoms with van der Waals surface area (Å²) in [5.74, 6) is 0.160. The van der Waals surface area contributed by atoms with Crippen LogP contribution in [0.15, 0.2) is 0 Å². The lowest BCUT2D eigenvalue weighted by atomic mass is 9.92. The van der Waals surface area contributed by atoms with Crippen LogP contribution in [0.1, 0.15) is 43.0 Å². The molecule has 0 heterocycles. The second kappa shape index (κ2) is 5.30. The summed E-state index contributed by atoms with van der Waals surface area (Å²) in [4.78, 5) is 11.0. The monoisotopic (exact) mass is 161 g/mol. The summed E-state index contributed by atoms with van der Waals surface area (Å²) in [6.07, 6.45) is 0. The fraction of sp³-hybridized carbons (Fsp3) is 0.889. The van der Waals surface area contributed by atoms with E-state index in [0.717, 1.165) is 0 Å². The van der Waals surface area contributed by atoms with Gasteiger partial charge in [0.1, 0.15) is 0 Å². The molecule has 0 aliphatic carbocycles. The summed E-state index contributed by atoms with van der Waals surface area (Å²) < 4.78 is 0. The SMILES string of the molecule is CC.CC(C)C(=O)C(C)(C)N.[HH]. The Morgan fingerprint density at radius 2 is 1.64 bits per heavy atom. The molecule has 0 aromatic heterocycles. The first-order chi connectivity index (χ1) is 4.85. The third-order valence-corrected chi connectivity index (χ3v) is 1.16. The molecule has 0 bridgehead atoms. The standard InChI is InChI=1S/C7H15NO.C2H6.H2/c1-5(2)6(9)7(3,4)8;1-2;/h5H,8H2,1-4H3;1-2H3;1H. The molecule has 2 N–H and O–H groups in total. The maximum absolute atomic E-state index is 11.0. The predicted molar refractivity (Wildman–Crippen MR) is 51.6 cm³/mol. The molecule has 70 valence electrons. The Kier molecular flexibility index (Phi) is 6.38. The van der Waals surface area contributed by atoms with Gasteiger partial charge in [-0.3, -0.25) is 4.79 Å². The lowest BCUT2D eigenvalue weighted by molar-refractivity contribution is -0.126. The van der Waals surface area contributed by atoms with Crippen LogP contribution in [-0.2, 0) is 4.79 Å². The van der Waals surface area contributed by atoms with E-state index in [1.54, 1.807) is 13.8 Å². The number of carbonyl (C=O) groups is 1. The van der Waals surface area contributed by atoms with Gasteiger partial charge < -0.3 is 5.73 Å². The molecule has 0 atom stereocenters. The molecular formula is C9H23NO. The average molecular weight is 161 g/mol. The largest absolute Gasteiger partial charge is 0.319 e. The summed E-state index contributed by atoms with van der Waals surface area (Å²) in [6.45, 7) is 11.2. The molecule has 0 amide bonds. The maximum Gasteiger partial charge on any atom is 0.154 e. The van der Waals surface area contributed by atoms with Gasteiger partial charge in [-0.05, 0) is 13.8 Å².